The lowest BCUT2D eigenvalue weighted by Crippen LogP contribution is -2.47. The first kappa shape index (κ1) is 20.2. The van der Waals surface area contributed by atoms with Crippen molar-refractivity contribution in [2.24, 2.45) is 5.92 Å². The number of sulfonamides is 1. The molecule has 1 aromatic carbocycles. The van der Waals surface area contributed by atoms with Crippen molar-refractivity contribution in [3.63, 3.8) is 0 Å². The van der Waals surface area contributed by atoms with E-state index in [1.807, 2.05) is 13.8 Å². The van der Waals surface area contributed by atoms with Crippen LogP contribution in [0.25, 0.3) is 0 Å². The van der Waals surface area contributed by atoms with Crippen molar-refractivity contribution >= 4 is 39.3 Å². The number of nitrogens with one attached hydrogen (secondary N) is 1. The number of amides is 2. The monoisotopic (exact) mass is 411 g/mol. The van der Waals surface area contributed by atoms with Gasteiger partial charge in [0.05, 0.1) is 10.8 Å². The molecule has 9 heteroatoms. The third-order valence-electron chi connectivity index (χ3n) is 4.76. The van der Waals surface area contributed by atoms with E-state index >= 15 is 0 Å². The van der Waals surface area contributed by atoms with Crippen molar-refractivity contribution in [2.75, 3.05) is 29.6 Å². The van der Waals surface area contributed by atoms with Crippen LogP contribution in [-0.2, 0) is 26.0 Å². The number of nitrogens with zero attached hydrogens (tertiary/aromatic N) is 2. The molecule has 1 unspecified atom stereocenters. The summed E-state index contributed by atoms with van der Waals surface area (Å²) >= 11 is 1.44. The maximum Gasteiger partial charge on any atom is 0.244 e. The molecular weight excluding hydrogens is 386 g/mol. The number of rotatable bonds is 5. The second-order valence-corrected chi connectivity index (χ2v) is 10.1. The Morgan fingerprint density at radius 3 is 2.74 bits per heavy atom. The van der Waals surface area contributed by atoms with E-state index in [1.165, 1.54) is 29.1 Å². The molecule has 2 aliphatic heterocycles. The first-order chi connectivity index (χ1) is 12.7. The zero-order valence-electron chi connectivity index (χ0n) is 15.8. The fourth-order valence-corrected chi connectivity index (χ4v) is 6.49. The van der Waals surface area contributed by atoms with E-state index < -0.39 is 16.1 Å². The fraction of sp³-hybridized carbons (Fsp3) is 0.556. The first-order valence-corrected chi connectivity index (χ1v) is 11.6. The molecule has 0 aromatic heterocycles. The van der Waals surface area contributed by atoms with Crippen molar-refractivity contribution in [1.82, 2.24) is 9.62 Å². The summed E-state index contributed by atoms with van der Waals surface area (Å²) in [5.74, 6) is 0.711. The van der Waals surface area contributed by atoms with Gasteiger partial charge in [0.15, 0.2) is 0 Å². The highest BCUT2D eigenvalue weighted by atomic mass is 32.2. The number of fused-ring (bicyclic) bond motifs is 1. The Labute approximate surface area is 164 Å². The molecule has 1 atom stereocenters. The normalized spacial score (nSPS) is 20.1. The molecule has 3 rings (SSSR count). The second-order valence-electron chi connectivity index (χ2n) is 7.26. The van der Waals surface area contributed by atoms with Crippen LogP contribution in [-0.4, -0.2) is 55.3 Å². The molecule has 0 saturated carbocycles. The van der Waals surface area contributed by atoms with Gasteiger partial charge in [-0.1, -0.05) is 13.8 Å². The molecule has 2 aliphatic rings. The topological polar surface area (TPSA) is 86.8 Å². The third kappa shape index (κ3) is 4.00. The van der Waals surface area contributed by atoms with E-state index in [0.717, 1.165) is 11.3 Å². The molecule has 2 amide bonds. The highest BCUT2D eigenvalue weighted by molar-refractivity contribution is 8.00. The van der Waals surface area contributed by atoms with Crippen molar-refractivity contribution in [1.29, 1.82) is 0 Å². The second kappa shape index (κ2) is 7.81. The Bertz CT molecular complexity index is 854. The maximum atomic E-state index is 13.2. The van der Waals surface area contributed by atoms with E-state index in [2.05, 4.69) is 5.32 Å². The number of carbonyl (C=O) groups excluding carboxylic acids is 2. The number of benzene rings is 1. The van der Waals surface area contributed by atoms with Crippen LogP contribution < -0.4 is 10.2 Å². The number of carbonyl (C=O) groups is 2. The van der Waals surface area contributed by atoms with Gasteiger partial charge < -0.3 is 10.2 Å². The lowest BCUT2D eigenvalue weighted by atomic mass is 10.2. The van der Waals surface area contributed by atoms with Crippen LogP contribution in [0.5, 0.6) is 0 Å². The minimum atomic E-state index is -3.78. The minimum absolute atomic E-state index is 0.0535. The maximum absolute atomic E-state index is 13.2. The van der Waals surface area contributed by atoms with Gasteiger partial charge in [-0.15, -0.1) is 11.8 Å². The Balaban J connectivity index is 1.84. The van der Waals surface area contributed by atoms with Gasteiger partial charge in [-0.25, -0.2) is 8.42 Å². The summed E-state index contributed by atoms with van der Waals surface area (Å²) in [7, 11) is -3.78. The van der Waals surface area contributed by atoms with Gasteiger partial charge in [-0.3, -0.25) is 9.59 Å². The number of hydrogen-bond donors (Lipinski definition) is 1. The molecule has 0 bridgehead atoms. The van der Waals surface area contributed by atoms with Gasteiger partial charge in [-0.05, 0) is 36.1 Å². The molecule has 1 fully saturated rings. The summed E-state index contributed by atoms with van der Waals surface area (Å²) in [5, 5.41) is 2.83. The van der Waals surface area contributed by atoms with Crippen LogP contribution in [0.3, 0.4) is 0 Å². The van der Waals surface area contributed by atoms with Crippen LogP contribution >= 0.6 is 11.8 Å². The van der Waals surface area contributed by atoms with E-state index in [0.29, 0.717) is 31.2 Å². The quantitative estimate of drug-likeness (QED) is 0.792. The summed E-state index contributed by atoms with van der Waals surface area (Å²) in [6, 6.07) is 4.16. The van der Waals surface area contributed by atoms with E-state index in [9.17, 15) is 18.0 Å². The zero-order valence-corrected chi connectivity index (χ0v) is 17.4. The molecule has 0 aliphatic carbocycles. The average Bonchev–Trinajstić information content (AvgIpc) is 3.26. The smallest absolute Gasteiger partial charge is 0.244 e. The van der Waals surface area contributed by atoms with Crippen LogP contribution in [0.2, 0.25) is 0 Å². The lowest BCUT2D eigenvalue weighted by molar-refractivity contribution is -0.124. The van der Waals surface area contributed by atoms with Gasteiger partial charge >= 0.3 is 0 Å². The molecule has 148 valence electrons. The standard InChI is InChI=1S/C18H25N3O4S2/c1-12(2)9-19-18(23)17-10-26-11-21(17)27(24,25)15-4-5-16-14(8-15)6-7-20(16)13(3)22/h4-5,8,12,17H,6-7,9-11H2,1-3H3,(H,19,23). The van der Waals surface area contributed by atoms with E-state index in [-0.39, 0.29) is 22.6 Å². The van der Waals surface area contributed by atoms with Gasteiger partial charge in [0, 0.05) is 31.5 Å². The summed E-state index contributed by atoms with van der Waals surface area (Å²) in [6.45, 7) is 6.57. The Morgan fingerprint density at radius 1 is 1.33 bits per heavy atom. The SMILES string of the molecule is CC(=O)N1CCc2cc(S(=O)(=O)N3CSCC3C(=O)NCC(C)C)ccc21. The Kier molecular flexibility index (Phi) is 5.83. The van der Waals surface area contributed by atoms with Gasteiger partial charge in [0.1, 0.15) is 6.04 Å². The molecular formula is C18H25N3O4S2. The van der Waals surface area contributed by atoms with E-state index in [4.69, 9.17) is 0 Å². The molecule has 1 aromatic rings. The average molecular weight is 412 g/mol. The third-order valence-corrected chi connectivity index (χ3v) is 7.79. The molecule has 0 spiro atoms. The Morgan fingerprint density at radius 2 is 2.07 bits per heavy atom. The summed E-state index contributed by atoms with van der Waals surface area (Å²) in [5.41, 5.74) is 1.61. The predicted octanol–water partition coefficient (Wildman–Crippen LogP) is 1.43. The molecule has 7 nitrogen and oxygen atoms in total. The van der Waals surface area contributed by atoms with Crippen LogP contribution in [0.15, 0.2) is 23.1 Å². The minimum Gasteiger partial charge on any atom is -0.354 e. The summed E-state index contributed by atoms with van der Waals surface area (Å²) in [6.07, 6.45) is 0.630. The summed E-state index contributed by atoms with van der Waals surface area (Å²) < 4.78 is 27.6. The number of hydrogen-bond acceptors (Lipinski definition) is 5. The van der Waals surface area contributed by atoms with Crippen molar-refractivity contribution in [3.8, 4) is 0 Å². The number of thioether (sulfide) groups is 1. The van der Waals surface area contributed by atoms with Gasteiger partial charge in [-0.2, -0.15) is 4.31 Å². The zero-order chi connectivity index (χ0) is 19.8. The first-order valence-electron chi connectivity index (χ1n) is 9.00. The highest BCUT2D eigenvalue weighted by Crippen LogP contribution is 2.33. The lowest BCUT2D eigenvalue weighted by Gasteiger charge is -2.23. The van der Waals surface area contributed by atoms with Crippen LogP contribution in [0.1, 0.15) is 26.3 Å². The Hall–Kier alpha value is -1.58. The van der Waals surface area contributed by atoms with Crippen LogP contribution in [0, 0.1) is 5.92 Å². The highest BCUT2D eigenvalue weighted by Gasteiger charge is 2.40. The predicted molar refractivity (Wildman–Crippen MR) is 106 cm³/mol. The molecule has 2 heterocycles. The van der Waals surface area contributed by atoms with Crippen LogP contribution in [0.4, 0.5) is 5.69 Å². The van der Waals surface area contributed by atoms with Gasteiger partial charge in [0.25, 0.3) is 0 Å². The fourth-order valence-electron chi connectivity index (χ4n) is 3.29. The molecule has 1 saturated heterocycles. The molecule has 0 radical (unpaired) electrons. The number of anilines is 1. The largest absolute Gasteiger partial charge is 0.354 e. The summed E-state index contributed by atoms with van der Waals surface area (Å²) in [4.78, 5) is 26.0. The van der Waals surface area contributed by atoms with Gasteiger partial charge in [0.2, 0.25) is 21.8 Å². The van der Waals surface area contributed by atoms with Crippen molar-refractivity contribution in [2.45, 2.75) is 38.1 Å². The van der Waals surface area contributed by atoms with Crippen molar-refractivity contribution < 1.29 is 18.0 Å². The van der Waals surface area contributed by atoms with Crippen molar-refractivity contribution in [3.05, 3.63) is 23.8 Å². The molecule has 27 heavy (non-hydrogen) atoms. The molecule has 1 N–H and O–H groups in total. The van der Waals surface area contributed by atoms with E-state index in [1.54, 1.807) is 17.0 Å².